The molecule has 3 rings (SSSR count). The second kappa shape index (κ2) is 8.28. The third kappa shape index (κ3) is 6.47. The molecule has 146 valence electrons. The van der Waals surface area contributed by atoms with Gasteiger partial charge in [0.25, 0.3) is 10.1 Å². The van der Waals surface area contributed by atoms with Crippen LogP contribution in [0, 0.1) is 11.6 Å². The molecule has 0 amide bonds. The number of aliphatic hydroxyl groups is 1. The van der Waals surface area contributed by atoms with Crippen LogP contribution in [0.5, 0.6) is 0 Å². The Bertz CT molecular complexity index is 919. The molecule has 0 bridgehead atoms. The molecule has 0 aliphatic heterocycles. The van der Waals surface area contributed by atoms with E-state index in [1.165, 1.54) is 40.7 Å². The third-order valence-corrected chi connectivity index (χ3v) is 3.21. The summed E-state index contributed by atoms with van der Waals surface area (Å²) in [4.78, 5) is 7.57. The number of nitrogens with zero attached hydrogens (tertiary/aromatic N) is 6. The van der Waals surface area contributed by atoms with Crippen molar-refractivity contribution >= 4 is 10.1 Å². The molecule has 0 spiro atoms. The van der Waals surface area contributed by atoms with E-state index in [4.69, 9.17) is 4.55 Å². The predicted molar refractivity (Wildman–Crippen MR) is 87.8 cm³/mol. The molecular formula is C14H16F2N6O4S. The van der Waals surface area contributed by atoms with Gasteiger partial charge in [0.2, 0.25) is 0 Å². The van der Waals surface area contributed by atoms with E-state index in [0.29, 0.717) is 6.26 Å². The normalized spacial score (nSPS) is 11.7. The first-order valence-electron chi connectivity index (χ1n) is 7.32. The van der Waals surface area contributed by atoms with Crippen LogP contribution in [0.4, 0.5) is 8.78 Å². The minimum atomic E-state index is -3.67. The zero-order chi connectivity index (χ0) is 20.1. The highest BCUT2D eigenvalue weighted by Crippen LogP contribution is 2.28. The van der Waals surface area contributed by atoms with Crippen molar-refractivity contribution < 1.29 is 26.9 Å². The second-order valence-electron chi connectivity index (χ2n) is 5.57. The lowest BCUT2D eigenvalue weighted by molar-refractivity contribution is -0.00856. The lowest BCUT2D eigenvalue weighted by atomic mass is 9.93. The summed E-state index contributed by atoms with van der Waals surface area (Å²) < 4.78 is 55.8. The molecular weight excluding hydrogens is 386 g/mol. The average Bonchev–Trinajstić information content (AvgIpc) is 3.19. The number of hydrogen-bond acceptors (Lipinski definition) is 7. The van der Waals surface area contributed by atoms with Crippen LogP contribution in [0.15, 0.2) is 43.5 Å². The molecule has 1 aromatic carbocycles. The lowest BCUT2D eigenvalue weighted by Crippen LogP contribution is -2.37. The maximum absolute atomic E-state index is 14.1. The zero-order valence-electron chi connectivity index (χ0n) is 14.0. The van der Waals surface area contributed by atoms with Gasteiger partial charge in [-0.15, -0.1) is 0 Å². The molecule has 0 fully saturated rings. The van der Waals surface area contributed by atoms with Gasteiger partial charge in [-0.25, -0.2) is 28.1 Å². The second-order valence-corrected chi connectivity index (χ2v) is 7.04. The first-order chi connectivity index (χ1) is 12.6. The first kappa shape index (κ1) is 20.5. The summed E-state index contributed by atoms with van der Waals surface area (Å²) in [5.41, 5.74) is -1.75. The van der Waals surface area contributed by atoms with Crippen LogP contribution in [0.2, 0.25) is 0 Å². The van der Waals surface area contributed by atoms with E-state index in [1.54, 1.807) is 0 Å². The number of aromatic nitrogens is 6. The van der Waals surface area contributed by atoms with Crippen LogP contribution < -0.4 is 0 Å². The summed E-state index contributed by atoms with van der Waals surface area (Å²) in [7, 11) is -3.67. The molecule has 0 unspecified atom stereocenters. The van der Waals surface area contributed by atoms with E-state index in [0.717, 1.165) is 12.1 Å². The van der Waals surface area contributed by atoms with Crippen molar-refractivity contribution in [3.05, 3.63) is 60.7 Å². The van der Waals surface area contributed by atoms with Gasteiger partial charge in [0.1, 0.15) is 42.5 Å². The van der Waals surface area contributed by atoms with Gasteiger partial charge in [-0.2, -0.15) is 18.6 Å². The van der Waals surface area contributed by atoms with Gasteiger partial charge in [0.05, 0.1) is 19.3 Å². The molecule has 2 heterocycles. The van der Waals surface area contributed by atoms with E-state index in [2.05, 4.69) is 20.2 Å². The van der Waals surface area contributed by atoms with Crippen LogP contribution >= 0.6 is 0 Å². The smallest absolute Gasteiger partial charge is 0.261 e. The van der Waals surface area contributed by atoms with Gasteiger partial charge >= 0.3 is 0 Å². The number of benzene rings is 1. The number of halogens is 2. The molecule has 0 radical (unpaired) electrons. The molecule has 27 heavy (non-hydrogen) atoms. The monoisotopic (exact) mass is 402 g/mol. The maximum Gasteiger partial charge on any atom is 0.261 e. The van der Waals surface area contributed by atoms with Gasteiger partial charge < -0.3 is 5.11 Å². The summed E-state index contributed by atoms with van der Waals surface area (Å²) in [5.74, 6) is -1.56. The van der Waals surface area contributed by atoms with Crippen molar-refractivity contribution in [2.24, 2.45) is 0 Å². The van der Waals surface area contributed by atoms with Crippen molar-refractivity contribution in [1.82, 2.24) is 29.5 Å². The summed E-state index contributed by atoms with van der Waals surface area (Å²) in [6.07, 6.45) is 6.11. The molecule has 0 saturated heterocycles. The molecule has 13 heteroatoms. The highest BCUT2D eigenvalue weighted by molar-refractivity contribution is 7.85. The fraction of sp³-hybridized carbons (Fsp3) is 0.286. The van der Waals surface area contributed by atoms with E-state index >= 15 is 0 Å². The maximum atomic E-state index is 14.1. The number of hydrogen-bond donors (Lipinski definition) is 2. The first-order valence-corrected chi connectivity index (χ1v) is 9.17. The van der Waals surface area contributed by atoms with Crippen molar-refractivity contribution in [3.63, 3.8) is 0 Å². The van der Waals surface area contributed by atoms with Gasteiger partial charge in [-0.3, -0.25) is 4.55 Å². The largest absolute Gasteiger partial charge is 0.381 e. The zero-order valence-corrected chi connectivity index (χ0v) is 14.8. The van der Waals surface area contributed by atoms with Crippen molar-refractivity contribution in [3.8, 4) is 0 Å². The molecule has 10 nitrogen and oxygen atoms in total. The Morgan fingerprint density at radius 2 is 1.56 bits per heavy atom. The topological polar surface area (TPSA) is 136 Å². The molecule has 3 aromatic rings. The third-order valence-electron chi connectivity index (χ3n) is 3.21. The van der Waals surface area contributed by atoms with Gasteiger partial charge in [0.15, 0.2) is 0 Å². The SMILES string of the molecule is CS(=O)(=O)O.OC(Cn1cncn1)(Cn1cncn1)c1ccc(F)cc1F. The molecule has 0 atom stereocenters. The van der Waals surface area contributed by atoms with Crippen molar-refractivity contribution in [2.45, 2.75) is 18.7 Å². The van der Waals surface area contributed by atoms with Gasteiger partial charge in [0, 0.05) is 11.6 Å². The summed E-state index contributed by atoms with van der Waals surface area (Å²) in [6, 6.07) is 3.02. The Morgan fingerprint density at radius 1 is 1.07 bits per heavy atom. The number of rotatable bonds is 5. The fourth-order valence-corrected chi connectivity index (χ4v) is 2.25. The van der Waals surface area contributed by atoms with Crippen LogP contribution in [0.3, 0.4) is 0 Å². The lowest BCUT2D eigenvalue weighted by Gasteiger charge is -2.28. The Morgan fingerprint density at radius 3 is 1.93 bits per heavy atom. The van der Waals surface area contributed by atoms with E-state index in [-0.39, 0.29) is 18.7 Å². The Hall–Kier alpha value is -2.77. The Kier molecular flexibility index (Phi) is 6.30. The van der Waals surface area contributed by atoms with E-state index in [1.807, 2.05) is 0 Å². The van der Waals surface area contributed by atoms with E-state index < -0.39 is 27.4 Å². The Balaban J connectivity index is 0.000000465. The predicted octanol–water partition coefficient (Wildman–Crippen LogP) is 0.240. The highest BCUT2D eigenvalue weighted by Gasteiger charge is 2.34. The van der Waals surface area contributed by atoms with Crippen LogP contribution in [-0.2, 0) is 28.8 Å². The summed E-state index contributed by atoms with van der Waals surface area (Å²) >= 11 is 0. The summed E-state index contributed by atoms with van der Waals surface area (Å²) in [6.45, 7) is -0.148. The minimum Gasteiger partial charge on any atom is -0.381 e. The van der Waals surface area contributed by atoms with Crippen LogP contribution in [0.1, 0.15) is 5.56 Å². The quantitative estimate of drug-likeness (QED) is 0.579. The fourth-order valence-electron chi connectivity index (χ4n) is 2.25. The van der Waals surface area contributed by atoms with Crippen LogP contribution in [0.25, 0.3) is 0 Å². The van der Waals surface area contributed by atoms with Crippen molar-refractivity contribution in [2.75, 3.05) is 6.26 Å². The average molecular weight is 402 g/mol. The molecule has 0 saturated carbocycles. The van der Waals surface area contributed by atoms with Crippen LogP contribution in [-0.4, -0.2) is 53.9 Å². The van der Waals surface area contributed by atoms with Crippen molar-refractivity contribution in [1.29, 1.82) is 0 Å². The van der Waals surface area contributed by atoms with E-state index in [9.17, 15) is 22.3 Å². The standard InChI is InChI=1S/C13H12F2N6O.CH4O3S/c14-10-1-2-11(12(15)3-10)13(22,4-20-8-16-6-18-20)5-21-9-17-7-19-21;1-5(2,3)4/h1-3,6-9,22H,4-5H2;1H3,(H,2,3,4). The molecule has 2 aromatic heterocycles. The molecule has 0 aliphatic carbocycles. The summed E-state index contributed by atoms with van der Waals surface area (Å²) in [5, 5.41) is 18.8. The van der Waals surface area contributed by atoms with Gasteiger partial charge in [-0.1, -0.05) is 6.07 Å². The Labute approximate surface area is 152 Å². The van der Waals surface area contributed by atoms with Gasteiger partial charge in [-0.05, 0) is 6.07 Å². The highest BCUT2D eigenvalue weighted by atomic mass is 32.2. The minimum absolute atomic E-state index is 0.0556. The molecule has 2 N–H and O–H groups in total. The molecule has 0 aliphatic rings.